The summed E-state index contributed by atoms with van der Waals surface area (Å²) in [4.78, 5) is 21.8. The van der Waals surface area contributed by atoms with Crippen molar-refractivity contribution in [3.05, 3.63) is 0 Å². The lowest BCUT2D eigenvalue weighted by Crippen LogP contribution is -2.39. The maximum absolute atomic E-state index is 11.1. The van der Waals surface area contributed by atoms with E-state index in [0.717, 1.165) is 0 Å². The standard InChI is InChI=1S/C8H15NO3/c1-4-6(7(10)5-2)9-8(11)12-3/h6H,4-5H2,1-3H3,(H,9,11)/t6-/m0/s1. The van der Waals surface area contributed by atoms with Crippen molar-refractivity contribution in [3.8, 4) is 0 Å². The summed E-state index contributed by atoms with van der Waals surface area (Å²) in [5, 5.41) is 2.46. The fraction of sp³-hybridized carbons (Fsp3) is 0.750. The highest BCUT2D eigenvalue weighted by Gasteiger charge is 2.16. The van der Waals surface area contributed by atoms with Crippen LogP contribution in [0.3, 0.4) is 0 Å². The Morgan fingerprint density at radius 2 is 2.00 bits per heavy atom. The third-order valence-corrected chi connectivity index (χ3v) is 1.62. The number of carbonyl (C=O) groups is 2. The Bertz CT molecular complexity index is 168. The lowest BCUT2D eigenvalue weighted by atomic mass is 10.1. The van der Waals surface area contributed by atoms with E-state index in [4.69, 9.17) is 0 Å². The summed E-state index contributed by atoms with van der Waals surface area (Å²) in [6.07, 6.45) is 0.480. The van der Waals surface area contributed by atoms with Crippen LogP contribution in [0.15, 0.2) is 0 Å². The molecule has 0 heterocycles. The van der Waals surface area contributed by atoms with Crippen LogP contribution in [0.4, 0.5) is 4.79 Å². The molecule has 0 aromatic rings. The van der Waals surface area contributed by atoms with E-state index in [1.807, 2.05) is 6.92 Å². The number of hydrogen-bond donors (Lipinski definition) is 1. The van der Waals surface area contributed by atoms with Crippen LogP contribution < -0.4 is 5.32 Å². The largest absolute Gasteiger partial charge is 0.453 e. The number of alkyl carbamates (subject to hydrolysis) is 1. The van der Waals surface area contributed by atoms with Gasteiger partial charge in [-0.1, -0.05) is 13.8 Å². The Hall–Kier alpha value is -1.06. The number of methoxy groups -OCH3 is 1. The van der Waals surface area contributed by atoms with Crippen molar-refractivity contribution in [2.75, 3.05) is 7.11 Å². The van der Waals surface area contributed by atoms with E-state index in [1.54, 1.807) is 6.92 Å². The molecule has 0 unspecified atom stereocenters. The molecule has 0 aliphatic heterocycles. The number of amides is 1. The van der Waals surface area contributed by atoms with Gasteiger partial charge in [0, 0.05) is 6.42 Å². The molecule has 70 valence electrons. The average molecular weight is 173 g/mol. The Labute approximate surface area is 72.3 Å². The zero-order chi connectivity index (χ0) is 9.56. The molecule has 0 saturated carbocycles. The Morgan fingerprint density at radius 3 is 2.33 bits per heavy atom. The molecule has 1 N–H and O–H groups in total. The first-order chi connectivity index (χ1) is 5.65. The predicted octanol–water partition coefficient (Wildman–Crippen LogP) is 1.10. The lowest BCUT2D eigenvalue weighted by molar-refractivity contribution is -0.120. The summed E-state index contributed by atoms with van der Waals surface area (Å²) in [5.74, 6) is 0.0305. The van der Waals surface area contributed by atoms with Gasteiger partial charge in [-0.25, -0.2) is 4.79 Å². The summed E-state index contributed by atoms with van der Waals surface area (Å²) < 4.78 is 4.37. The zero-order valence-corrected chi connectivity index (χ0v) is 7.72. The first kappa shape index (κ1) is 10.9. The molecule has 1 amide bonds. The maximum atomic E-state index is 11.1. The molecule has 0 aromatic carbocycles. The lowest BCUT2D eigenvalue weighted by Gasteiger charge is -2.13. The van der Waals surface area contributed by atoms with Crippen LogP contribution in [0.25, 0.3) is 0 Å². The van der Waals surface area contributed by atoms with E-state index in [9.17, 15) is 9.59 Å². The van der Waals surface area contributed by atoms with E-state index < -0.39 is 12.1 Å². The number of carbonyl (C=O) groups excluding carboxylic acids is 2. The minimum Gasteiger partial charge on any atom is -0.453 e. The molecule has 0 aromatic heterocycles. The van der Waals surface area contributed by atoms with Crippen LogP contribution in [0, 0.1) is 0 Å². The summed E-state index contributed by atoms with van der Waals surface area (Å²) in [6.45, 7) is 3.61. The second kappa shape index (κ2) is 5.57. The van der Waals surface area contributed by atoms with Crippen molar-refractivity contribution in [1.82, 2.24) is 5.32 Å². The van der Waals surface area contributed by atoms with Crippen molar-refractivity contribution in [2.45, 2.75) is 32.7 Å². The Morgan fingerprint density at radius 1 is 1.42 bits per heavy atom. The summed E-state index contributed by atoms with van der Waals surface area (Å²) in [5.41, 5.74) is 0. The molecule has 0 aliphatic carbocycles. The van der Waals surface area contributed by atoms with Crippen LogP contribution in [-0.2, 0) is 9.53 Å². The smallest absolute Gasteiger partial charge is 0.407 e. The van der Waals surface area contributed by atoms with E-state index >= 15 is 0 Å². The molecule has 0 fully saturated rings. The predicted molar refractivity (Wildman–Crippen MR) is 44.9 cm³/mol. The van der Waals surface area contributed by atoms with Gasteiger partial charge in [0.2, 0.25) is 0 Å². The second-order valence-corrected chi connectivity index (χ2v) is 2.42. The van der Waals surface area contributed by atoms with Crippen molar-refractivity contribution in [1.29, 1.82) is 0 Å². The van der Waals surface area contributed by atoms with Crippen LogP contribution in [-0.4, -0.2) is 25.0 Å². The summed E-state index contributed by atoms with van der Waals surface area (Å²) in [6, 6.07) is -0.401. The summed E-state index contributed by atoms with van der Waals surface area (Å²) in [7, 11) is 1.28. The average Bonchev–Trinajstić information content (AvgIpc) is 2.12. The van der Waals surface area contributed by atoms with Gasteiger partial charge in [0.15, 0.2) is 5.78 Å². The molecule has 0 bridgehead atoms. The van der Waals surface area contributed by atoms with Gasteiger partial charge in [0.25, 0.3) is 0 Å². The quantitative estimate of drug-likeness (QED) is 0.692. The summed E-state index contributed by atoms with van der Waals surface area (Å²) >= 11 is 0. The monoisotopic (exact) mass is 173 g/mol. The van der Waals surface area contributed by atoms with Crippen LogP contribution >= 0.6 is 0 Å². The SMILES string of the molecule is CCC(=O)[C@H](CC)NC(=O)OC. The highest BCUT2D eigenvalue weighted by atomic mass is 16.5. The number of hydrogen-bond acceptors (Lipinski definition) is 3. The topological polar surface area (TPSA) is 55.4 Å². The number of ether oxygens (including phenoxy) is 1. The maximum Gasteiger partial charge on any atom is 0.407 e. The van der Waals surface area contributed by atoms with Gasteiger partial charge in [-0.05, 0) is 6.42 Å². The minimum absolute atomic E-state index is 0.0305. The molecule has 4 heteroatoms. The molecule has 0 spiro atoms. The molecule has 12 heavy (non-hydrogen) atoms. The molecular formula is C8H15NO3. The van der Waals surface area contributed by atoms with E-state index in [0.29, 0.717) is 12.8 Å². The number of Topliss-reactive ketones (excluding diaryl/α,β-unsaturated/α-hetero) is 1. The zero-order valence-electron chi connectivity index (χ0n) is 7.72. The van der Waals surface area contributed by atoms with E-state index in [-0.39, 0.29) is 5.78 Å². The number of nitrogens with one attached hydrogen (secondary N) is 1. The van der Waals surface area contributed by atoms with Crippen molar-refractivity contribution in [2.24, 2.45) is 0 Å². The first-order valence-corrected chi connectivity index (χ1v) is 4.02. The fourth-order valence-corrected chi connectivity index (χ4v) is 0.858. The fourth-order valence-electron chi connectivity index (χ4n) is 0.858. The Kier molecular flexibility index (Phi) is 5.08. The number of rotatable bonds is 4. The van der Waals surface area contributed by atoms with Gasteiger partial charge in [-0.15, -0.1) is 0 Å². The van der Waals surface area contributed by atoms with Crippen LogP contribution in [0.2, 0.25) is 0 Å². The van der Waals surface area contributed by atoms with Crippen molar-refractivity contribution in [3.63, 3.8) is 0 Å². The van der Waals surface area contributed by atoms with Crippen molar-refractivity contribution >= 4 is 11.9 Å². The molecule has 1 atom stereocenters. The molecule has 0 rings (SSSR count). The third kappa shape index (κ3) is 3.37. The van der Waals surface area contributed by atoms with Gasteiger partial charge in [0.05, 0.1) is 13.2 Å². The highest BCUT2D eigenvalue weighted by Crippen LogP contribution is 1.96. The van der Waals surface area contributed by atoms with Gasteiger partial charge in [-0.2, -0.15) is 0 Å². The van der Waals surface area contributed by atoms with Crippen molar-refractivity contribution < 1.29 is 14.3 Å². The molecular weight excluding hydrogens is 158 g/mol. The Balaban J connectivity index is 3.99. The molecule has 4 nitrogen and oxygen atoms in total. The van der Waals surface area contributed by atoms with Crippen LogP contribution in [0.5, 0.6) is 0 Å². The van der Waals surface area contributed by atoms with Gasteiger partial charge in [-0.3, -0.25) is 4.79 Å². The first-order valence-electron chi connectivity index (χ1n) is 4.02. The highest BCUT2D eigenvalue weighted by molar-refractivity contribution is 5.86. The third-order valence-electron chi connectivity index (χ3n) is 1.62. The molecule has 0 radical (unpaired) electrons. The minimum atomic E-state index is -0.552. The normalized spacial score (nSPS) is 11.9. The van der Waals surface area contributed by atoms with Gasteiger partial charge < -0.3 is 10.1 Å². The van der Waals surface area contributed by atoms with Crippen LogP contribution in [0.1, 0.15) is 26.7 Å². The number of ketones is 1. The van der Waals surface area contributed by atoms with E-state index in [2.05, 4.69) is 10.1 Å². The molecule has 0 saturated heterocycles. The van der Waals surface area contributed by atoms with Gasteiger partial charge >= 0.3 is 6.09 Å². The second-order valence-electron chi connectivity index (χ2n) is 2.42. The van der Waals surface area contributed by atoms with E-state index in [1.165, 1.54) is 7.11 Å². The molecule has 0 aliphatic rings. The van der Waals surface area contributed by atoms with Gasteiger partial charge in [0.1, 0.15) is 0 Å².